The SMILES string of the molecule is COc1cc2c(cc1NC(=O)c1cnc(F)cc1F)CCCCN2. The van der Waals surface area contributed by atoms with Gasteiger partial charge < -0.3 is 15.4 Å². The lowest BCUT2D eigenvalue weighted by molar-refractivity contribution is 0.102. The smallest absolute Gasteiger partial charge is 0.260 e. The summed E-state index contributed by atoms with van der Waals surface area (Å²) in [6, 6.07) is 4.21. The number of carbonyl (C=O) groups is 1. The monoisotopic (exact) mass is 333 g/mol. The van der Waals surface area contributed by atoms with Gasteiger partial charge >= 0.3 is 0 Å². The Morgan fingerprint density at radius 3 is 2.88 bits per heavy atom. The Morgan fingerprint density at radius 2 is 2.12 bits per heavy atom. The fourth-order valence-electron chi connectivity index (χ4n) is 2.69. The molecule has 2 heterocycles. The largest absolute Gasteiger partial charge is 0.494 e. The number of rotatable bonds is 3. The van der Waals surface area contributed by atoms with Gasteiger partial charge in [-0.05, 0) is 30.9 Å². The highest BCUT2D eigenvalue weighted by atomic mass is 19.1. The number of nitrogens with zero attached hydrogens (tertiary/aromatic N) is 1. The normalized spacial score (nSPS) is 13.5. The Balaban J connectivity index is 1.91. The fraction of sp³-hybridized carbons (Fsp3) is 0.294. The van der Waals surface area contributed by atoms with E-state index in [0.717, 1.165) is 43.3 Å². The zero-order chi connectivity index (χ0) is 17.1. The summed E-state index contributed by atoms with van der Waals surface area (Å²) in [6.45, 7) is 0.883. The van der Waals surface area contributed by atoms with E-state index >= 15 is 0 Å². The number of anilines is 2. The first-order valence-electron chi connectivity index (χ1n) is 7.65. The van der Waals surface area contributed by atoms with Crippen LogP contribution in [0.4, 0.5) is 20.2 Å². The van der Waals surface area contributed by atoms with Gasteiger partial charge in [0, 0.05) is 30.6 Å². The minimum absolute atomic E-state index is 0.327. The molecule has 24 heavy (non-hydrogen) atoms. The van der Waals surface area contributed by atoms with Gasteiger partial charge in [-0.3, -0.25) is 4.79 Å². The molecule has 1 aliphatic heterocycles. The molecule has 0 saturated heterocycles. The van der Waals surface area contributed by atoms with Gasteiger partial charge in [0.05, 0.1) is 18.4 Å². The quantitative estimate of drug-likeness (QED) is 0.846. The highest BCUT2D eigenvalue weighted by Gasteiger charge is 2.18. The second-order valence-electron chi connectivity index (χ2n) is 5.53. The van der Waals surface area contributed by atoms with Gasteiger partial charge in [-0.2, -0.15) is 4.39 Å². The number of fused-ring (bicyclic) bond motifs is 1. The van der Waals surface area contributed by atoms with E-state index in [2.05, 4.69) is 15.6 Å². The van der Waals surface area contributed by atoms with Crippen molar-refractivity contribution in [1.82, 2.24) is 4.98 Å². The first-order chi connectivity index (χ1) is 11.6. The van der Waals surface area contributed by atoms with Crippen LogP contribution in [-0.2, 0) is 6.42 Å². The summed E-state index contributed by atoms with van der Waals surface area (Å²) in [5.41, 5.74) is 2.14. The molecule has 1 aliphatic rings. The molecule has 1 amide bonds. The third kappa shape index (κ3) is 3.29. The molecule has 0 bridgehead atoms. The van der Waals surface area contributed by atoms with Crippen LogP contribution in [0.1, 0.15) is 28.8 Å². The zero-order valence-electron chi connectivity index (χ0n) is 13.2. The van der Waals surface area contributed by atoms with Crippen LogP contribution in [0.2, 0.25) is 0 Å². The van der Waals surface area contributed by atoms with Crippen molar-refractivity contribution in [1.29, 1.82) is 0 Å². The summed E-state index contributed by atoms with van der Waals surface area (Å²) in [4.78, 5) is 15.6. The number of pyridine rings is 1. The van der Waals surface area contributed by atoms with Crippen molar-refractivity contribution < 1.29 is 18.3 Å². The Hall–Kier alpha value is -2.70. The molecule has 1 aromatic carbocycles. The summed E-state index contributed by atoms with van der Waals surface area (Å²) in [6.07, 6.45) is 3.85. The van der Waals surface area contributed by atoms with Crippen LogP contribution in [0.5, 0.6) is 5.75 Å². The molecule has 3 rings (SSSR count). The van der Waals surface area contributed by atoms with E-state index in [1.54, 1.807) is 0 Å². The molecule has 0 radical (unpaired) electrons. The molecule has 1 aromatic heterocycles. The molecular formula is C17H17F2N3O2. The number of hydrogen-bond acceptors (Lipinski definition) is 4. The maximum absolute atomic E-state index is 13.7. The van der Waals surface area contributed by atoms with Crippen molar-refractivity contribution >= 4 is 17.3 Å². The van der Waals surface area contributed by atoms with Crippen molar-refractivity contribution in [2.45, 2.75) is 19.3 Å². The molecule has 7 heteroatoms. The van der Waals surface area contributed by atoms with Crippen molar-refractivity contribution in [3.05, 3.63) is 47.3 Å². The number of amides is 1. The number of halogens is 2. The molecule has 2 N–H and O–H groups in total. The number of aryl methyl sites for hydroxylation is 1. The lowest BCUT2D eigenvalue weighted by Crippen LogP contribution is -2.15. The number of benzene rings is 1. The molecule has 0 saturated carbocycles. The Kier molecular flexibility index (Phi) is 4.59. The van der Waals surface area contributed by atoms with Gasteiger partial charge in [0.25, 0.3) is 5.91 Å². The summed E-state index contributed by atoms with van der Waals surface area (Å²) >= 11 is 0. The van der Waals surface area contributed by atoms with Gasteiger partial charge in [-0.1, -0.05) is 0 Å². The number of aromatic nitrogens is 1. The number of nitrogens with one attached hydrogen (secondary N) is 2. The minimum atomic E-state index is -0.974. The summed E-state index contributed by atoms with van der Waals surface area (Å²) in [7, 11) is 1.49. The third-order valence-electron chi connectivity index (χ3n) is 3.93. The van der Waals surface area contributed by atoms with E-state index in [9.17, 15) is 13.6 Å². The highest BCUT2D eigenvalue weighted by Crippen LogP contribution is 2.34. The van der Waals surface area contributed by atoms with Crippen molar-refractivity contribution in [3.8, 4) is 5.75 Å². The van der Waals surface area contributed by atoms with E-state index in [1.807, 2.05) is 12.1 Å². The molecule has 126 valence electrons. The standard InChI is InChI=1S/C17H17F2N3O2/c1-24-15-8-13-10(4-2-3-5-20-13)6-14(15)22-17(23)11-9-21-16(19)7-12(11)18/h6-9,20H,2-5H2,1H3,(H,22,23). The van der Waals surface area contributed by atoms with E-state index in [0.29, 0.717) is 17.5 Å². The summed E-state index contributed by atoms with van der Waals surface area (Å²) < 4.78 is 31.9. The topological polar surface area (TPSA) is 63.2 Å². The van der Waals surface area contributed by atoms with Gasteiger partial charge in [0.15, 0.2) is 0 Å². The fourth-order valence-corrected chi connectivity index (χ4v) is 2.69. The second-order valence-corrected chi connectivity index (χ2v) is 5.53. The maximum atomic E-state index is 13.7. The van der Waals surface area contributed by atoms with Crippen LogP contribution in [0.25, 0.3) is 0 Å². The molecule has 5 nitrogen and oxygen atoms in total. The lowest BCUT2D eigenvalue weighted by Gasteiger charge is -2.15. The number of ether oxygens (including phenoxy) is 1. The van der Waals surface area contributed by atoms with Crippen molar-refractivity contribution in [2.24, 2.45) is 0 Å². The average molecular weight is 333 g/mol. The third-order valence-corrected chi connectivity index (χ3v) is 3.93. The molecule has 0 spiro atoms. The van der Waals surface area contributed by atoms with Gasteiger partial charge in [-0.15, -0.1) is 0 Å². The Labute approximate surface area is 138 Å². The van der Waals surface area contributed by atoms with Crippen molar-refractivity contribution in [2.75, 3.05) is 24.3 Å². The van der Waals surface area contributed by atoms with E-state index in [1.165, 1.54) is 7.11 Å². The molecule has 0 atom stereocenters. The number of carbonyl (C=O) groups excluding carboxylic acids is 1. The summed E-state index contributed by atoms with van der Waals surface area (Å²) in [5, 5.41) is 5.94. The molecule has 0 aliphatic carbocycles. The minimum Gasteiger partial charge on any atom is -0.494 e. The maximum Gasteiger partial charge on any atom is 0.260 e. The Morgan fingerprint density at radius 1 is 1.29 bits per heavy atom. The molecule has 0 fully saturated rings. The van der Waals surface area contributed by atoms with Gasteiger partial charge in [-0.25, -0.2) is 9.37 Å². The zero-order valence-corrected chi connectivity index (χ0v) is 13.2. The second kappa shape index (κ2) is 6.82. The van der Waals surface area contributed by atoms with E-state index in [-0.39, 0.29) is 5.56 Å². The van der Waals surface area contributed by atoms with Crippen LogP contribution >= 0.6 is 0 Å². The van der Waals surface area contributed by atoms with Gasteiger partial charge in [0.1, 0.15) is 11.6 Å². The average Bonchev–Trinajstić information content (AvgIpc) is 2.78. The molecule has 2 aromatic rings. The Bertz CT molecular complexity index is 781. The first kappa shape index (κ1) is 16.2. The first-order valence-corrected chi connectivity index (χ1v) is 7.65. The predicted octanol–water partition coefficient (Wildman–Crippen LogP) is 3.37. The van der Waals surface area contributed by atoms with Crippen LogP contribution in [0, 0.1) is 11.8 Å². The predicted molar refractivity (Wildman–Crippen MR) is 86.5 cm³/mol. The number of methoxy groups -OCH3 is 1. The van der Waals surface area contributed by atoms with E-state index in [4.69, 9.17) is 4.74 Å². The van der Waals surface area contributed by atoms with Gasteiger partial charge in [0.2, 0.25) is 5.95 Å². The lowest BCUT2D eigenvalue weighted by atomic mass is 10.1. The van der Waals surface area contributed by atoms with Crippen LogP contribution in [-0.4, -0.2) is 24.5 Å². The number of hydrogen-bond donors (Lipinski definition) is 2. The highest BCUT2D eigenvalue weighted by molar-refractivity contribution is 6.05. The van der Waals surface area contributed by atoms with E-state index < -0.39 is 17.7 Å². The van der Waals surface area contributed by atoms with Crippen LogP contribution in [0.3, 0.4) is 0 Å². The van der Waals surface area contributed by atoms with Crippen molar-refractivity contribution in [3.63, 3.8) is 0 Å². The molecular weight excluding hydrogens is 316 g/mol. The molecule has 0 unspecified atom stereocenters. The van der Waals surface area contributed by atoms with Crippen LogP contribution < -0.4 is 15.4 Å². The summed E-state index contributed by atoms with van der Waals surface area (Å²) in [5.74, 6) is -2.18. The van der Waals surface area contributed by atoms with Crippen LogP contribution in [0.15, 0.2) is 24.4 Å².